The van der Waals surface area contributed by atoms with Gasteiger partial charge in [-0.25, -0.2) is 0 Å². The highest BCUT2D eigenvalue weighted by Gasteiger charge is 2.31. The van der Waals surface area contributed by atoms with E-state index in [0.29, 0.717) is 10.2 Å². The third-order valence-corrected chi connectivity index (χ3v) is 4.21. The maximum Gasteiger partial charge on any atom is 0.416 e. The smallest absolute Gasteiger partial charge is 0.416 e. The molecule has 0 aliphatic heterocycles. The topological polar surface area (TPSA) is 56.8 Å². The molecule has 2 aromatic rings. The van der Waals surface area contributed by atoms with E-state index < -0.39 is 17.6 Å². The Morgan fingerprint density at radius 3 is 2.48 bits per heavy atom. The Kier molecular flexibility index (Phi) is 7.09. The Morgan fingerprint density at radius 1 is 1.11 bits per heavy atom. The molecule has 0 aliphatic carbocycles. The van der Waals surface area contributed by atoms with Gasteiger partial charge < -0.3 is 19.5 Å². The summed E-state index contributed by atoms with van der Waals surface area (Å²) in [6.07, 6.45) is -4.55. The Morgan fingerprint density at radius 2 is 1.85 bits per heavy atom. The van der Waals surface area contributed by atoms with E-state index in [1.165, 1.54) is 20.3 Å². The molecule has 0 radical (unpaired) electrons. The van der Waals surface area contributed by atoms with E-state index in [4.69, 9.17) is 14.2 Å². The molecule has 0 aliphatic rings. The van der Waals surface area contributed by atoms with E-state index in [0.717, 1.165) is 18.2 Å². The van der Waals surface area contributed by atoms with Crippen LogP contribution in [0.2, 0.25) is 0 Å². The standard InChI is InChI=1S/C18H17BrF3NO4/c1-25-7-8-27-16-6-3-11(18(20,21)22)9-15(16)23-17(24)13-10-12(26-2)4-5-14(13)19/h3-6,9-10H,7-8H2,1-2H3,(H,23,24). The fourth-order valence-corrected chi connectivity index (χ4v) is 2.59. The molecule has 9 heteroatoms. The van der Waals surface area contributed by atoms with E-state index in [1.54, 1.807) is 12.1 Å². The average molecular weight is 448 g/mol. The number of amides is 1. The normalized spacial score (nSPS) is 11.2. The number of halogens is 4. The van der Waals surface area contributed by atoms with Crippen molar-refractivity contribution >= 4 is 27.5 Å². The van der Waals surface area contributed by atoms with Crippen LogP contribution in [0.25, 0.3) is 0 Å². The van der Waals surface area contributed by atoms with Crippen molar-refractivity contribution in [2.24, 2.45) is 0 Å². The van der Waals surface area contributed by atoms with Gasteiger partial charge in [0.1, 0.15) is 18.1 Å². The summed E-state index contributed by atoms with van der Waals surface area (Å²) in [5.74, 6) is -0.0759. The van der Waals surface area contributed by atoms with E-state index in [2.05, 4.69) is 21.2 Å². The molecule has 0 unspecified atom stereocenters. The summed E-state index contributed by atoms with van der Waals surface area (Å²) >= 11 is 3.25. The molecule has 1 amide bonds. The molecule has 146 valence electrons. The molecule has 0 fully saturated rings. The second kappa shape index (κ2) is 9.09. The third-order valence-electron chi connectivity index (χ3n) is 3.52. The van der Waals surface area contributed by atoms with Crippen molar-refractivity contribution in [2.45, 2.75) is 6.18 Å². The van der Waals surface area contributed by atoms with Gasteiger partial charge in [0.05, 0.1) is 30.5 Å². The van der Waals surface area contributed by atoms with Crippen LogP contribution in [0.3, 0.4) is 0 Å². The van der Waals surface area contributed by atoms with Gasteiger partial charge in [-0.2, -0.15) is 13.2 Å². The van der Waals surface area contributed by atoms with Gasteiger partial charge in [0.25, 0.3) is 5.91 Å². The van der Waals surface area contributed by atoms with E-state index in [9.17, 15) is 18.0 Å². The fourth-order valence-electron chi connectivity index (χ4n) is 2.16. The van der Waals surface area contributed by atoms with Crippen molar-refractivity contribution in [3.05, 3.63) is 52.0 Å². The molecular weight excluding hydrogens is 431 g/mol. The monoisotopic (exact) mass is 447 g/mol. The molecule has 0 atom stereocenters. The van der Waals surface area contributed by atoms with Crippen molar-refractivity contribution in [3.8, 4) is 11.5 Å². The van der Waals surface area contributed by atoms with Gasteiger partial charge >= 0.3 is 6.18 Å². The zero-order valence-corrected chi connectivity index (χ0v) is 16.1. The molecule has 0 heterocycles. The SMILES string of the molecule is COCCOc1ccc(C(F)(F)F)cc1NC(=O)c1cc(OC)ccc1Br. The predicted molar refractivity (Wildman–Crippen MR) is 97.5 cm³/mol. The summed E-state index contributed by atoms with van der Waals surface area (Å²) in [7, 11) is 2.92. The number of benzene rings is 2. The highest BCUT2D eigenvalue weighted by molar-refractivity contribution is 9.10. The minimum Gasteiger partial charge on any atom is -0.497 e. The second-order valence-electron chi connectivity index (χ2n) is 5.35. The first kappa shape index (κ1) is 21.0. The largest absolute Gasteiger partial charge is 0.497 e. The molecular formula is C18H17BrF3NO4. The molecule has 0 spiro atoms. The lowest BCUT2D eigenvalue weighted by Gasteiger charge is -2.16. The van der Waals surface area contributed by atoms with E-state index in [1.807, 2.05) is 0 Å². The van der Waals surface area contributed by atoms with Gasteiger partial charge in [-0.15, -0.1) is 0 Å². The first-order chi connectivity index (χ1) is 12.8. The van der Waals surface area contributed by atoms with Gasteiger partial charge in [-0.1, -0.05) is 0 Å². The van der Waals surface area contributed by atoms with Crippen molar-refractivity contribution in [3.63, 3.8) is 0 Å². The van der Waals surface area contributed by atoms with E-state index >= 15 is 0 Å². The molecule has 0 bridgehead atoms. The molecule has 1 N–H and O–H groups in total. The summed E-state index contributed by atoms with van der Waals surface area (Å²) in [4.78, 5) is 12.6. The van der Waals surface area contributed by atoms with Gasteiger partial charge in [0.15, 0.2) is 0 Å². The average Bonchev–Trinajstić information content (AvgIpc) is 2.62. The van der Waals surface area contributed by atoms with Gasteiger partial charge in [-0.3, -0.25) is 4.79 Å². The number of nitrogens with one attached hydrogen (secondary N) is 1. The molecule has 2 aromatic carbocycles. The molecule has 0 saturated heterocycles. The first-order valence-corrected chi connectivity index (χ1v) is 8.53. The van der Waals surface area contributed by atoms with Crippen LogP contribution in [0.4, 0.5) is 18.9 Å². The summed E-state index contributed by atoms with van der Waals surface area (Å²) in [6.45, 7) is 0.365. The first-order valence-electron chi connectivity index (χ1n) is 7.74. The number of hydrogen-bond acceptors (Lipinski definition) is 4. The fraction of sp³-hybridized carbons (Fsp3) is 0.278. The number of carbonyl (C=O) groups excluding carboxylic acids is 1. The van der Waals surface area contributed by atoms with Crippen LogP contribution in [0.15, 0.2) is 40.9 Å². The number of rotatable bonds is 7. The minimum atomic E-state index is -4.55. The molecule has 0 saturated carbocycles. The van der Waals surface area contributed by atoms with Crippen LogP contribution in [0.5, 0.6) is 11.5 Å². The number of ether oxygens (including phenoxy) is 3. The number of carbonyl (C=O) groups is 1. The summed E-state index contributed by atoms with van der Waals surface area (Å²) in [6, 6.07) is 7.60. The maximum atomic E-state index is 13.0. The number of alkyl halides is 3. The third kappa shape index (κ3) is 5.61. The number of hydrogen-bond donors (Lipinski definition) is 1. The Labute approximate surface area is 162 Å². The van der Waals surface area contributed by atoms with Crippen LogP contribution in [-0.4, -0.2) is 33.3 Å². The quantitative estimate of drug-likeness (QED) is 0.622. The summed E-state index contributed by atoms with van der Waals surface area (Å²) in [5, 5.41) is 2.47. The van der Waals surface area contributed by atoms with Crippen LogP contribution in [0.1, 0.15) is 15.9 Å². The van der Waals surface area contributed by atoms with Gasteiger partial charge in [0.2, 0.25) is 0 Å². The summed E-state index contributed by atoms with van der Waals surface area (Å²) < 4.78 is 54.9. The van der Waals surface area contributed by atoms with Crippen molar-refractivity contribution in [2.75, 3.05) is 32.8 Å². The van der Waals surface area contributed by atoms with Crippen molar-refractivity contribution < 1.29 is 32.2 Å². The molecule has 0 aromatic heterocycles. The molecule has 27 heavy (non-hydrogen) atoms. The lowest BCUT2D eigenvalue weighted by Crippen LogP contribution is -2.16. The van der Waals surface area contributed by atoms with Gasteiger partial charge in [0, 0.05) is 11.6 Å². The zero-order chi connectivity index (χ0) is 20.0. The number of methoxy groups -OCH3 is 2. The zero-order valence-electron chi connectivity index (χ0n) is 14.5. The van der Waals surface area contributed by atoms with E-state index in [-0.39, 0.29) is 30.2 Å². The van der Waals surface area contributed by atoms with Gasteiger partial charge in [-0.05, 0) is 52.3 Å². The lowest BCUT2D eigenvalue weighted by atomic mass is 10.1. The van der Waals surface area contributed by atoms with Crippen LogP contribution < -0.4 is 14.8 Å². The Bertz CT molecular complexity index is 812. The number of anilines is 1. The second-order valence-corrected chi connectivity index (χ2v) is 6.20. The molecule has 5 nitrogen and oxygen atoms in total. The maximum absolute atomic E-state index is 13.0. The highest BCUT2D eigenvalue weighted by atomic mass is 79.9. The Hall–Kier alpha value is -2.26. The highest BCUT2D eigenvalue weighted by Crippen LogP contribution is 2.35. The van der Waals surface area contributed by atoms with Crippen LogP contribution in [-0.2, 0) is 10.9 Å². The lowest BCUT2D eigenvalue weighted by molar-refractivity contribution is -0.137. The van der Waals surface area contributed by atoms with Crippen LogP contribution >= 0.6 is 15.9 Å². The van der Waals surface area contributed by atoms with Crippen LogP contribution in [0, 0.1) is 0 Å². The van der Waals surface area contributed by atoms with Crippen molar-refractivity contribution in [1.29, 1.82) is 0 Å². The Balaban J connectivity index is 2.35. The minimum absolute atomic E-state index is 0.0966. The molecule has 2 rings (SSSR count). The predicted octanol–water partition coefficient (Wildman–Crippen LogP) is 4.75. The summed E-state index contributed by atoms with van der Waals surface area (Å²) in [5.41, 5.74) is -0.795. The van der Waals surface area contributed by atoms with Crippen molar-refractivity contribution in [1.82, 2.24) is 0 Å².